The molecule has 1 unspecified atom stereocenters. The highest BCUT2D eigenvalue weighted by Gasteiger charge is 2.12. The Morgan fingerprint density at radius 1 is 1.42 bits per heavy atom. The van der Waals surface area contributed by atoms with Gasteiger partial charge in [-0.2, -0.15) is 0 Å². The number of hydrogen-bond acceptors (Lipinski definition) is 3. The van der Waals surface area contributed by atoms with Gasteiger partial charge in [-0.05, 0) is 49.5 Å². The van der Waals surface area contributed by atoms with Crippen molar-refractivity contribution in [3.05, 3.63) is 29.3 Å². The molecular formula is C16H26N2O. The van der Waals surface area contributed by atoms with Gasteiger partial charge < -0.3 is 15.4 Å². The van der Waals surface area contributed by atoms with Crippen molar-refractivity contribution in [1.29, 1.82) is 0 Å². The molecule has 1 aliphatic heterocycles. The normalized spacial score (nSPS) is 15.4. The van der Waals surface area contributed by atoms with E-state index in [1.54, 1.807) is 0 Å². The lowest BCUT2D eigenvalue weighted by atomic mass is 10.1. The van der Waals surface area contributed by atoms with Crippen molar-refractivity contribution in [2.75, 3.05) is 33.3 Å². The molecule has 1 atom stereocenters. The zero-order valence-corrected chi connectivity index (χ0v) is 12.2. The predicted octanol–water partition coefficient (Wildman–Crippen LogP) is 2.08. The van der Waals surface area contributed by atoms with E-state index in [4.69, 9.17) is 10.5 Å². The van der Waals surface area contributed by atoms with Crippen LogP contribution in [0.1, 0.15) is 24.5 Å². The maximum Gasteiger partial charge on any atom is 0.122 e. The first kappa shape index (κ1) is 14.4. The molecule has 1 heterocycles. The van der Waals surface area contributed by atoms with Gasteiger partial charge >= 0.3 is 0 Å². The Morgan fingerprint density at radius 3 is 3.05 bits per heavy atom. The second kappa shape index (κ2) is 6.92. The molecule has 0 spiro atoms. The highest BCUT2D eigenvalue weighted by Crippen LogP contribution is 2.26. The van der Waals surface area contributed by atoms with E-state index in [-0.39, 0.29) is 0 Å². The van der Waals surface area contributed by atoms with Gasteiger partial charge in [0.15, 0.2) is 0 Å². The molecule has 0 radical (unpaired) electrons. The molecule has 3 heteroatoms. The third-order valence-electron chi connectivity index (χ3n) is 3.82. The fourth-order valence-electron chi connectivity index (χ4n) is 2.71. The monoisotopic (exact) mass is 262 g/mol. The Hall–Kier alpha value is -1.06. The van der Waals surface area contributed by atoms with Gasteiger partial charge in [-0.3, -0.25) is 0 Å². The van der Waals surface area contributed by atoms with E-state index in [0.717, 1.165) is 51.3 Å². The Balaban J connectivity index is 1.78. The number of benzene rings is 1. The quantitative estimate of drug-likeness (QED) is 0.817. The lowest BCUT2D eigenvalue weighted by Gasteiger charge is -2.21. The van der Waals surface area contributed by atoms with Crippen molar-refractivity contribution in [2.45, 2.75) is 26.2 Å². The van der Waals surface area contributed by atoms with Crippen LogP contribution in [-0.2, 0) is 12.8 Å². The van der Waals surface area contributed by atoms with Crippen LogP contribution in [0.4, 0.5) is 0 Å². The molecule has 2 rings (SSSR count). The fraction of sp³-hybridized carbons (Fsp3) is 0.625. The van der Waals surface area contributed by atoms with Gasteiger partial charge in [0.05, 0.1) is 6.61 Å². The van der Waals surface area contributed by atoms with E-state index in [0.29, 0.717) is 5.92 Å². The third kappa shape index (κ3) is 4.22. The summed E-state index contributed by atoms with van der Waals surface area (Å²) in [7, 11) is 2.20. The Bertz CT molecular complexity index is 406. The Labute approximate surface area is 116 Å². The minimum Gasteiger partial charge on any atom is -0.493 e. The van der Waals surface area contributed by atoms with Crippen LogP contribution in [0.5, 0.6) is 5.75 Å². The Morgan fingerprint density at radius 2 is 2.26 bits per heavy atom. The van der Waals surface area contributed by atoms with Crippen LogP contribution < -0.4 is 10.5 Å². The van der Waals surface area contributed by atoms with Crippen molar-refractivity contribution < 1.29 is 4.74 Å². The summed E-state index contributed by atoms with van der Waals surface area (Å²) < 4.78 is 5.54. The summed E-state index contributed by atoms with van der Waals surface area (Å²) in [5.74, 6) is 1.76. The topological polar surface area (TPSA) is 38.5 Å². The van der Waals surface area contributed by atoms with Gasteiger partial charge in [0.2, 0.25) is 0 Å². The van der Waals surface area contributed by atoms with Crippen LogP contribution in [-0.4, -0.2) is 38.2 Å². The van der Waals surface area contributed by atoms with E-state index in [2.05, 4.69) is 37.1 Å². The van der Waals surface area contributed by atoms with Crippen LogP contribution in [0.15, 0.2) is 18.2 Å². The van der Waals surface area contributed by atoms with E-state index in [1.807, 2.05) is 0 Å². The van der Waals surface area contributed by atoms with Gasteiger partial charge in [0.25, 0.3) is 0 Å². The van der Waals surface area contributed by atoms with Gasteiger partial charge in [0, 0.05) is 19.5 Å². The highest BCUT2D eigenvalue weighted by molar-refractivity contribution is 5.39. The van der Waals surface area contributed by atoms with Crippen LogP contribution in [0.3, 0.4) is 0 Å². The minimum absolute atomic E-state index is 0.684. The fourth-order valence-corrected chi connectivity index (χ4v) is 2.71. The average Bonchev–Trinajstić information content (AvgIpc) is 2.83. The summed E-state index contributed by atoms with van der Waals surface area (Å²) in [6.45, 7) is 6.14. The van der Waals surface area contributed by atoms with E-state index in [1.165, 1.54) is 11.1 Å². The zero-order valence-electron chi connectivity index (χ0n) is 12.2. The first-order chi connectivity index (χ1) is 9.19. The minimum atomic E-state index is 0.684. The zero-order chi connectivity index (χ0) is 13.7. The first-order valence-electron chi connectivity index (χ1n) is 7.32. The molecule has 3 nitrogen and oxygen atoms in total. The summed E-state index contributed by atoms with van der Waals surface area (Å²) in [5.41, 5.74) is 8.38. The summed E-state index contributed by atoms with van der Waals surface area (Å²) in [6, 6.07) is 6.62. The molecule has 0 aliphatic carbocycles. The summed E-state index contributed by atoms with van der Waals surface area (Å²) in [5, 5.41) is 0. The van der Waals surface area contributed by atoms with E-state index >= 15 is 0 Å². The lowest BCUT2D eigenvalue weighted by Crippen LogP contribution is -2.27. The Kier molecular flexibility index (Phi) is 5.23. The molecule has 0 saturated heterocycles. The first-order valence-corrected chi connectivity index (χ1v) is 7.32. The molecule has 1 aliphatic rings. The molecule has 0 saturated carbocycles. The number of nitrogens with two attached hydrogens (primary N) is 1. The number of rotatable bonds is 7. The molecule has 0 bridgehead atoms. The molecular weight excluding hydrogens is 236 g/mol. The number of fused-ring (bicyclic) bond motifs is 1. The second-order valence-electron chi connectivity index (χ2n) is 5.74. The van der Waals surface area contributed by atoms with E-state index in [9.17, 15) is 0 Å². The van der Waals surface area contributed by atoms with Gasteiger partial charge in [-0.1, -0.05) is 19.1 Å². The maximum atomic E-state index is 5.59. The molecule has 0 aromatic heterocycles. The third-order valence-corrected chi connectivity index (χ3v) is 3.82. The second-order valence-corrected chi connectivity index (χ2v) is 5.74. The molecule has 0 fully saturated rings. The van der Waals surface area contributed by atoms with Crippen LogP contribution in [0, 0.1) is 5.92 Å². The summed E-state index contributed by atoms with van der Waals surface area (Å²) in [4.78, 5) is 2.41. The van der Waals surface area contributed by atoms with Crippen molar-refractivity contribution in [1.82, 2.24) is 4.90 Å². The van der Waals surface area contributed by atoms with Gasteiger partial charge in [0.1, 0.15) is 5.75 Å². The van der Waals surface area contributed by atoms with Gasteiger partial charge in [-0.25, -0.2) is 0 Å². The average molecular weight is 262 g/mol. The summed E-state index contributed by atoms with van der Waals surface area (Å²) in [6.07, 6.45) is 3.28. The molecule has 106 valence electrons. The molecule has 19 heavy (non-hydrogen) atoms. The largest absolute Gasteiger partial charge is 0.493 e. The van der Waals surface area contributed by atoms with Crippen LogP contribution in [0.25, 0.3) is 0 Å². The molecule has 1 aromatic rings. The molecule has 2 N–H and O–H groups in total. The maximum absolute atomic E-state index is 5.59. The number of hydrogen-bond donors (Lipinski definition) is 1. The number of ether oxygens (including phenoxy) is 1. The van der Waals surface area contributed by atoms with Gasteiger partial charge in [-0.15, -0.1) is 0 Å². The van der Waals surface area contributed by atoms with E-state index < -0.39 is 0 Å². The van der Waals surface area contributed by atoms with Crippen molar-refractivity contribution in [3.63, 3.8) is 0 Å². The molecule has 1 aromatic carbocycles. The van der Waals surface area contributed by atoms with Crippen LogP contribution in [0.2, 0.25) is 0 Å². The molecule has 0 amide bonds. The summed E-state index contributed by atoms with van der Waals surface area (Å²) >= 11 is 0. The smallest absolute Gasteiger partial charge is 0.122 e. The predicted molar refractivity (Wildman–Crippen MR) is 79.7 cm³/mol. The standard InChI is InChI=1S/C16H26N2O/c1-13(5-8-17)12-18(2)9-6-14-3-4-16-15(11-14)7-10-19-16/h3-4,11,13H,5-10,12,17H2,1-2H3. The van der Waals surface area contributed by atoms with Crippen LogP contribution >= 0.6 is 0 Å². The number of likely N-dealkylation sites (N-methyl/N-ethyl adjacent to an activating group) is 1. The van der Waals surface area contributed by atoms with Crippen molar-refractivity contribution in [3.8, 4) is 5.75 Å². The van der Waals surface area contributed by atoms with Crippen molar-refractivity contribution in [2.24, 2.45) is 11.7 Å². The highest BCUT2D eigenvalue weighted by atomic mass is 16.5. The SMILES string of the molecule is CC(CCN)CN(C)CCc1ccc2c(c1)CCO2. The number of nitrogens with zero attached hydrogens (tertiary/aromatic N) is 1. The van der Waals surface area contributed by atoms with Crippen molar-refractivity contribution >= 4 is 0 Å². The lowest BCUT2D eigenvalue weighted by molar-refractivity contribution is 0.283.